The number of nitrogens with zero attached hydrogens (tertiary/aromatic N) is 2. The Morgan fingerprint density at radius 2 is 2.17 bits per heavy atom. The zero-order chi connectivity index (χ0) is 13.9. The predicted molar refractivity (Wildman–Crippen MR) is 58.5 cm³/mol. The van der Waals surface area contributed by atoms with E-state index in [-0.39, 0.29) is 11.4 Å². The van der Waals surface area contributed by atoms with Gasteiger partial charge in [-0.25, -0.2) is 4.98 Å². The van der Waals surface area contributed by atoms with Gasteiger partial charge in [-0.1, -0.05) is 0 Å². The lowest BCUT2D eigenvalue weighted by atomic mass is 10.0. The Morgan fingerprint density at radius 1 is 1.56 bits per heavy atom. The van der Waals surface area contributed by atoms with E-state index in [9.17, 15) is 25.1 Å². The van der Waals surface area contributed by atoms with Crippen molar-refractivity contribution in [2.45, 2.75) is 18.6 Å². The molecule has 0 aliphatic carbocycles. The normalized spacial score (nSPS) is 13.9. The number of rotatable bonds is 5. The quantitative estimate of drug-likeness (QED) is 0.403. The highest BCUT2D eigenvalue weighted by atomic mass is 16.6. The molecule has 1 heterocycles. The molecular weight excluding hydrogens is 246 g/mol. The average Bonchev–Trinajstić information content (AvgIpc) is 2.27. The van der Waals surface area contributed by atoms with Crippen LogP contribution in [0.25, 0.3) is 0 Å². The Balaban J connectivity index is 3.03. The number of carboxylic acids is 1. The number of nitro groups is 1. The van der Waals surface area contributed by atoms with Crippen LogP contribution in [0.3, 0.4) is 0 Å². The molecule has 0 aliphatic rings. The molecule has 0 saturated heterocycles. The second-order valence-corrected chi connectivity index (χ2v) is 3.54. The zero-order valence-corrected chi connectivity index (χ0v) is 9.05. The van der Waals surface area contributed by atoms with Gasteiger partial charge in [-0.15, -0.1) is 0 Å². The molecule has 0 spiro atoms. The van der Waals surface area contributed by atoms with Crippen molar-refractivity contribution in [3.8, 4) is 0 Å². The van der Waals surface area contributed by atoms with E-state index in [1.807, 2.05) is 0 Å². The number of pyridine rings is 1. The van der Waals surface area contributed by atoms with Crippen molar-refractivity contribution in [2.24, 2.45) is 0 Å². The smallest absolute Gasteiger partial charge is 0.306 e. The summed E-state index contributed by atoms with van der Waals surface area (Å²) in [6.07, 6.45) is -3.11. The lowest BCUT2D eigenvalue weighted by molar-refractivity contribution is -0.385. The number of aliphatic carboxylic acids is 1. The largest absolute Gasteiger partial charge is 0.481 e. The van der Waals surface area contributed by atoms with Gasteiger partial charge in [-0.2, -0.15) is 0 Å². The molecule has 2 atom stereocenters. The molecular formula is C9H11N3O6. The van der Waals surface area contributed by atoms with Crippen LogP contribution in [0.1, 0.15) is 18.1 Å². The van der Waals surface area contributed by atoms with Crippen LogP contribution in [0.15, 0.2) is 12.3 Å². The highest BCUT2D eigenvalue weighted by Gasteiger charge is 2.25. The van der Waals surface area contributed by atoms with Crippen LogP contribution in [0.2, 0.25) is 0 Å². The highest BCUT2D eigenvalue weighted by molar-refractivity contribution is 5.67. The molecule has 0 saturated carbocycles. The molecule has 0 aromatic carbocycles. The van der Waals surface area contributed by atoms with E-state index in [0.29, 0.717) is 0 Å². The number of hydrogen-bond donors (Lipinski definition) is 4. The fraction of sp³-hybridized carbons (Fsp3) is 0.333. The van der Waals surface area contributed by atoms with Crippen LogP contribution in [-0.4, -0.2) is 37.3 Å². The molecule has 1 aromatic heterocycles. The number of carboxylic acid groups (broad SMARTS) is 1. The van der Waals surface area contributed by atoms with Gasteiger partial charge in [-0.3, -0.25) is 14.9 Å². The Labute approximate surface area is 101 Å². The summed E-state index contributed by atoms with van der Waals surface area (Å²) in [4.78, 5) is 23.7. The summed E-state index contributed by atoms with van der Waals surface area (Å²) in [5, 5.41) is 38.1. The first-order valence-electron chi connectivity index (χ1n) is 4.80. The third-order valence-electron chi connectivity index (χ3n) is 2.21. The van der Waals surface area contributed by atoms with Gasteiger partial charge < -0.3 is 21.1 Å². The fourth-order valence-corrected chi connectivity index (χ4v) is 1.32. The Hall–Kier alpha value is -2.26. The van der Waals surface area contributed by atoms with Gasteiger partial charge in [0.05, 0.1) is 17.4 Å². The Bertz CT molecular complexity index is 477. The maximum absolute atomic E-state index is 10.5. The second kappa shape index (κ2) is 5.38. The molecule has 2 unspecified atom stereocenters. The van der Waals surface area contributed by atoms with Crippen molar-refractivity contribution in [3.63, 3.8) is 0 Å². The number of nitrogens with two attached hydrogens (primary N) is 1. The number of carbonyl (C=O) groups is 1. The van der Waals surface area contributed by atoms with Gasteiger partial charge in [0.25, 0.3) is 5.69 Å². The van der Waals surface area contributed by atoms with E-state index in [1.54, 1.807) is 0 Å². The molecule has 0 fully saturated rings. The number of hydrogen-bond acceptors (Lipinski definition) is 7. The SMILES string of the molecule is Nc1ncc([N+](=O)[O-])cc1C(O)C(O)CC(=O)O. The lowest BCUT2D eigenvalue weighted by Crippen LogP contribution is -2.23. The predicted octanol–water partition coefficient (Wildman–Crippen LogP) is -0.559. The van der Waals surface area contributed by atoms with E-state index >= 15 is 0 Å². The van der Waals surface area contributed by atoms with Gasteiger partial charge in [0.1, 0.15) is 18.1 Å². The average molecular weight is 257 g/mol. The van der Waals surface area contributed by atoms with Crippen molar-refractivity contribution in [1.29, 1.82) is 0 Å². The molecule has 0 amide bonds. The van der Waals surface area contributed by atoms with Gasteiger partial charge in [-0.05, 0) is 0 Å². The first-order chi connectivity index (χ1) is 8.32. The van der Waals surface area contributed by atoms with E-state index in [0.717, 1.165) is 12.3 Å². The van der Waals surface area contributed by atoms with Crippen LogP contribution in [0.5, 0.6) is 0 Å². The summed E-state index contributed by atoms with van der Waals surface area (Å²) in [6.45, 7) is 0. The summed E-state index contributed by atoms with van der Waals surface area (Å²) in [5.41, 5.74) is 4.81. The van der Waals surface area contributed by atoms with Crippen LogP contribution in [-0.2, 0) is 4.79 Å². The summed E-state index contributed by atoms with van der Waals surface area (Å²) >= 11 is 0. The molecule has 1 aromatic rings. The third kappa shape index (κ3) is 3.12. The van der Waals surface area contributed by atoms with E-state index in [2.05, 4.69) is 4.98 Å². The van der Waals surface area contributed by atoms with E-state index in [4.69, 9.17) is 10.8 Å². The third-order valence-corrected chi connectivity index (χ3v) is 2.21. The minimum atomic E-state index is -1.66. The molecule has 9 nitrogen and oxygen atoms in total. The minimum absolute atomic E-state index is 0.182. The molecule has 5 N–H and O–H groups in total. The number of nitrogen functional groups attached to an aromatic ring is 1. The summed E-state index contributed by atoms with van der Waals surface area (Å²) in [5.74, 6) is -1.53. The molecule has 0 bridgehead atoms. The first-order valence-corrected chi connectivity index (χ1v) is 4.80. The van der Waals surface area contributed by atoms with E-state index in [1.165, 1.54) is 0 Å². The zero-order valence-electron chi connectivity index (χ0n) is 9.05. The summed E-state index contributed by atoms with van der Waals surface area (Å²) in [6, 6.07) is 0.943. The molecule has 9 heteroatoms. The van der Waals surface area contributed by atoms with Crippen molar-refractivity contribution in [1.82, 2.24) is 4.98 Å². The van der Waals surface area contributed by atoms with Crippen LogP contribution < -0.4 is 5.73 Å². The Kier molecular flexibility index (Phi) is 4.13. The van der Waals surface area contributed by atoms with Gasteiger partial charge in [0.15, 0.2) is 0 Å². The van der Waals surface area contributed by atoms with Crippen LogP contribution in [0, 0.1) is 10.1 Å². The number of aliphatic hydroxyl groups excluding tert-OH is 2. The Morgan fingerprint density at radius 3 is 2.67 bits per heavy atom. The number of aliphatic hydroxyl groups is 2. The second-order valence-electron chi connectivity index (χ2n) is 3.54. The maximum Gasteiger partial charge on any atom is 0.306 e. The van der Waals surface area contributed by atoms with Gasteiger partial charge in [0, 0.05) is 11.6 Å². The van der Waals surface area contributed by atoms with Crippen molar-refractivity contribution in [3.05, 3.63) is 27.9 Å². The summed E-state index contributed by atoms with van der Waals surface area (Å²) in [7, 11) is 0. The first kappa shape index (κ1) is 13.8. The topological polar surface area (TPSA) is 160 Å². The molecule has 0 radical (unpaired) electrons. The summed E-state index contributed by atoms with van der Waals surface area (Å²) < 4.78 is 0. The molecule has 18 heavy (non-hydrogen) atoms. The van der Waals surface area contributed by atoms with E-state index < -0.39 is 35.2 Å². The van der Waals surface area contributed by atoms with Crippen molar-refractivity contribution in [2.75, 3.05) is 5.73 Å². The fourth-order valence-electron chi connectivity index (χ4n) is 1.32. The molecule has 1 rings (SSSR count). The van der Waals surface area contributed by atoms with Crippen LogP contribution >= 0.6 is 0 Å². The number of aromatic nitrogens is 1. The standard InChI is InChI=1S/C9H11N3O6/c10-9-5(1-4(3-11-9)12(17)18)8(16)6(13)2-7(14)15/h1,3,6,8,13,16H,2H2,(H2,10,11)(H,14,15). The number of anilines is 1. The minimum Gasteiger partial charge on any atom is -0.481 e. The van der Waals surface area contributed by atoms with Gasteiger partial charge in [0.2, 0.25) is 0 Å². The monoisotopic (exact) mass is 257 g/mol. The highest BCUT2D eigenvalue weighted by Crippen LogP contribution is 2.26. The van der Waals surface area contributed by atoms with Crippen molar-refractivity contribution >= 4 is 17.5 Å². The van der Waals surface area contributed by atoms with Crippen molar-refractivity contribution < 1.29 is 25.0 Å². The molecule has 0 aliphatic heterocycles. The maximum atomic E-state index is 10.5. The lowest BCUT2D eigenvalue weighted by Gasteiger charge is -2.17. The van der Waals surface area contributed by atoms with Crippen LogP contribution in [0.4, 0.5) is 11.5 Å². The molecule has 98 valence electrons. The van der Waals surface area contributed by atoms with Gasteiger partial charge >= 0.3 is 5.97 Å².